The van der Waals surface area contributed by atoms with Gasteiger partial charge in [-0.1, -0.05) is 5.10 Å². The monoisotopic (exact) mass is 313 g/mol. The zero-order valence-electron chi connectivity index (χ0n) is 12.3. The second-order valence-corrected chi connectivity index (χ2v) is 5.24. The van der Waals surface area contributed by atoms with Crippen LogP contribution in [0.2, 0.25) is 0 Å². The number of nitrogens with one attached hydrogen (secondary N) is 1. The SMILES string of the molecule is c1cc(-n2cnnn2)ccc1-c1nnc(NC2CCOCC2)o1. The van der Waals surface area contributed by atoms with Crippen LogP contribution in [-0.2, 0) is 4.74 Å². The molecule has 1 aliphatic rings. The second kappa shape index (κ2) is 6.13. The van der Waals surface area contributed by atoms with Gasteiger partial charge in [-0.25, -0.2) is 4.68 Å². The molecule has 0 spiro atoms. The first-order chi connectivity index (χ1) is 11.4. The molecule has 0 atom stereocenters. The quantitative estimate of drug-likeness (QED) is 0.768. The molecule has 0 radical (unpaired) electrons. The third-order valence-electron chi connectivity index (χ3n) is 3.70. The Bertz CT molecular complexity index is 748. The molecule has 1 saturated heterocycles. The Morgan fingerprint density at radius 2 is 1.91 bits per heavy atom. The van der Waals surface area contributed by atoms with Gasteiger partial charge in [-0.3, -0.25) is 0 Å². The van der Waals surface area contributed by atoms with E-state index in [9.17, 15) is 0 Å². The van der Waals surface area contributed by atoms with E-state index in [1.807, 2.05) is 24.3 Å². The van der Waals surface area contributed by atoms with E-state index in [1.54, 1.807) is 4.68 Å². The smallest absolute Gasteiger partial charge is 0.315 e. The number of hydrogen-bond donors (Lipinski definition) is 1. The lowest BCUT2D eigenvalue weighted by molar-refractivity contribution is 0.0900. The van der Waals surface area contributed by atoms with Gasteiger partial charge in [-0.2, -0.15) is 0 Å². The molecule has 3 aromatic rings. The fraction of sp³-hybridized carbons (Fsp3) is 0.357. The molecule has 4 rings (SSSR count). The molecule has 1 aliphatic heterocycles. The molecule has 2 aromatic heterocycles. The minimum absolute atomic E-state index is 0.319. The number of rotatable bonds is 4. The van der Waals surface area contributed by atoms with E-state index in [-0.39, 0.29) is 0 Å². The Morgan fingerprint density at radius 1 is 1.09 bits per heavy atom. The minimum Gasteiger partial charge on any atom is -0.403 e. The first kappa shape index (κ1) is 13.8. The standard InChI is InChI=1S/C14H15N7O2/c1-3-12(21-9-15-19-20-21)4-2-10(1)13-17-18-14(23-13)16-11-5-7-22-8-6-11/h1-4,9,11H,5-8H2,(H,16,18). The number of benzene rings is 1. The van der Waals surface area contributed by atoms with Crippen molar-refractivity contribution in [1.29, 1.82) is 0 Å². The average molecular weight is 313 g/mol. The van der Waals surface area contributed by atoms with Crippen molar-refractivity contribution in [3.8, 4) is 17.1 Å². The highest BCUT2D eigenvalue weighted by molar-refractivity contribution is 5.55. The van der Waals surface area contributed by atoms with Crippen LogP contribution in [0.1, 0.15) is 12.8 Å². The molecule has 9 nitrogen and oxygen atoms in total. The fourth-order valence-corrected chi connectivity index (χ4v) is 2.45. The van der Waals surface area contributed by atoms with E-state index in [2.05, 4.69) is 31.0 Å². The largest absolute Gasteiger partial charge is 0.403 e. The van der Waals surface area contributed by atoms with E-state index in [1.165, 1.54) is 6.33 Å². The van der Waals surface area contributed by atoms with Crippen molar-refractivity contribution in [2.24, 2.45) is 0 Å². The molecule has 3 heterocycles. The number of hydrogen-bond acceptors (Lipinski definition) is 8. The van der Waals surface area contributed by atoms with Gasteiger partial charge in [-0.05, 0) is 47.5 Å². The Hall–Kier alpha value is -2.81. The first-order valence-corrected chi connectivity index (χ1v) is 7.40. The lowest BCUT2D eigenvalue weighted by atomic mass is 10.1. The van der Waals surface area contributed by atoms with E-state index in [0.29, 0.717) is 17.9 Å². The van der Waals surface area contributed by atoms with Gasteiger partial charge >= 0.3 is 6.01 Å². The van der Waals surface area contributed by atoms with Crippen molar-refractivity contribution in [3.05, 3.63) is 30.6 Å². The number of ether oxygens (including phenoxy) is 1. The van der Waals surface area contributed by atoms with Gasteiger partial charge in [0.1, 0.15) is 6.33 Å². The zero-order valence-corrected chi connectivity index (χ0v) is 12.3. The van der Waals surface area contributed by atoms with Crippen molar-refractivity contribution in [1.82, 2.24) is 30.4 Å². The molecule has 0 saturated carbocycles. The van der Waals surface area contributed by atoms with Crippen LogP contribution in [0.5, 0.6) is 0 Å². The van der Waals surface area contributed by atoms with E-state index in [0.717, 1.165) is 37.3 Å². The van der Waals surface area contributed by atoms with Gasteiger partial charge < -0.3 is 14.5 Å². The molecule has 0 amide bonds. The summed E-state index contributed by atoms with van der Waals surface area (Å²) < 4.78 is 12.6. The van der Waals surface area contributed by atoms with Gasteiger partial charge in [0.25, 0.3) is 0 Å². The Kier molecular flexibility index (Phi) is 3.68. The maximum Gasteiger partial charge on any atom is 0.315 e. The van der Waals surface area contributed by atoms with Crippen LogP contribution in [0.25, 0.3) is 17.1 Å². The maximum absolute atomic E-state index is 5.68. The molecule has 118 valence electrons. The third-order valence-corrected chi connectivity index (χ3v) is 3.70. The van der Waals surface area contributed by atoms with Crippen LogP contribution in [0, 0.1) is 0 Å². The number of aromatic nitrogens is 6. The van der Waals surface area contributed by atoms with Crippen LogP contribution in [0.3, 0.4) is 0 Å². The molecule has 0 bridgehead atoms. The van der Waals surface area contributed by atoms with E-state index < -0.39 is 0 Å². The summed E-state index contributed by atoms with van der Waals surface area (Å²) >= 11 is 0. The lowest BCUT2D eigenvalue weighted by Crippen LogP contribution is -2.27. The van der Waals surface area contributed by atoms with Crippen LogP contribution >= 0.6 is 0 Å². The molecular weight excluding hydrogens is 298 g/mol. The van der Waals surface area contributed by atoms with Crippen molar-refractivity contribution in [3.63, 3.8) is 0 Å². The summed E-state index contributed by atoms with van der Waals surface area (Å²) in [6.45, 7) is 1.52. The summed E-state index contributed by atoms with van der Waals surface area (Å²) in [7, 11) is 0. The lowest BCUT2D eigenvalue weighted by Gasteiger charge is -2.21. The van der Waals surface area contributed by atoms with Crippen LogP contribution in [-0.4, -0.2) is 49.7 Å². The normalized spacial score (nSPS) is 15.7. The summed E-state index contributed by atoms with van der Waals surface area (Å²) in [5.74, 6) is 0.475. The van der Waals surface area contributed by atoms with Crippen LogP contribution in [0.15, 0.2) is 35.0 Å². The highest BCUT2D eigenvalue weighted by Gasteiger charge is 2.16. The van der Waals surface area contributed by atoms with Crippen LogP contribution in [0.4, 0.5) is 6.01 Å². The predicted octanol–water partition coefficient (Wildman–Crippen LogP) is 1.30. The zero-order chi connectivity index (χ0) is 15.5. The van der Waals surface area contributed by atoms with E-state index >= 15 is 0 Å². The van der Waals surface area contributed by atoms with Gasteiger partial charge in [-0.15, -0.1) is 10.2 Å². The Labute approximate surface area is 131 Å². The summed E-state index contributed by atoms with van der Waals surface area (Å²) in [4.78, 5) is 0. The average Bonchev–Trinajstić information content (AvgIpc) is 3.28. The molecule has 1 fully saturated rings. The number of nitrogens with zero attached hydrogens (tertiary/aromatic N) is 6. The molecule has 0 aliphatic carbocycles. The van der Waals surface area contributed by atoms with Crippen molar-refractivity contribution >= 4 is 6.01 Å². The maximum atomic E-state index is 5.68. The Balaban J connectivity index is 1.47. The highest BCUT2D eigenvalue weighted by atomic mass is 16.5. The summed E-state index contributed by atoms with van der Waals surface area (Å²) in [6.07, 6.45) is 3.42. The van der Waals surface area contributed by atoms with E-state index in [4.69, 9.17) is 9.15 Å². The molecule has 1 aromatic carbocycles. The number of tetrazole rings is 1. The minimum atomic E-state index is 0.319. The van der Waals surface area contributed by atoms with Crippen molar-refractivity contribution < 1.29 is 9.15 Å². The molecular formula is C14H15N7O2. The van der Waals surface area contributed by atoms with Crippen molar-refractivity contribution in [2.45, 2.75) is 18.9 Å². The van der Waals surface area contributed by atoms with Gasteiger partial charge in [0.2, 0.25) is 5.89 Å². The summed E-state index contributed by atoms with van der Waals surface area (Å²) in [5.41, 5.74) is 1.70. The Morgan fingerprint density at radius 3 is 2.65 bits per heavy atom. The highest BCUT2D eigenvalue weighted by Crippen LogP contribution is 2.22. The second-order valence-electron chi connectivity index (χ2n) is 5.24. The summed E-state index contributed by atoms with van der Waals surface area (Å²) in [6, 6.07) is 8.32. The molecule has 9 heteroatoms. The van der Waals surface area contributed by atoms with Crippen LogP contribution < -0.4 is 5.32 Å². The van der Waals surface area contributed by atoms with Crippen molar-refractivity contribution in [2.75, 3.05) is 18.5 Å². The van der Waals surface area contributed by atoms with Gasteiger partial charge in [0.05, 0.1) is 5.69 Å². The van der Waals surface area contributed by atoms with Gasteiger partial charge in [0.15, 0.2) is 0 Å². The number of anilines is 1. The molecule has 1 N–H and O–H groups in total. The van der Waals surface area contributed by atoms with Gasteiger partial charge in [0, 0.05) is 24.8 Å². The molecule has 23 heavy (non-hydrogen) atoms. The predicted molar refractivity (Wildman–Crippen MR) is 79.9 cm³/mol. The molecule has 0 unspecified atom stereocenters. The fourth-order valence-electron chi connectivity index (χ4n) is 2.45. The third kappa shape index (κ3) is 3.04. The first-order valence-electron chi connectivity index (χ1n) is 7.40. The summed E-state index contributed by atoms with van der Waals surface area (Å²) in [5, 5.41) is 22.5. The topological polar surface area (TPSA) is 104 Å².